The molecule has 1 heterocycles. The van der Waals surface area contributed by atoms with Gasteiger partial charge in [0.05, 0.1) is 0 Å². The molecule has 0 unspecified atom stereocenters. The van der Waals surface area contributed by atoms with Gasteiger partial charge in [-0.05, 0) is 12.3 Å². The van der Waals surface area contributed by atoms with E-state index in [2.05, 4.69) is 11.7 Å². The smallest absolute Gasteiger partial charge is 0.313 e. The molecule has 1 fully saturated rings. The monoisotopic (exact) mass is 324 g/mol. The van der Waals surface area contributed by atoms with Crippen molar-refractivity contribution in [3.8, 4) is 0 Å². The number of hydrogen-bond donors (Lipinski definition) is 0. The first-order valence-electron chi connectivity index (χ1n) is 9.96. The molecule has 3 heteroatoms. The number of cyclic esters (lactones) is 2. The predicted molar refractivity (Wildman–Crippen MR) is 94.1 cm³/mol. The summed E-state index contributed by atoms with van der Waals surface area (Å²) in [4.78, 5) is 22.3. The van der Waals surface area contributed by atoms with Crippen LogP contribution in [0.4, 0.5) is 0 Å². The summed E-state index contributed by atoms with van der Waals surface area (Å²) in [5, 5.41) is 0. The SMILES string of the molecule is CCCCCCCCCCCCCCCC1CC(=O)OC(=O)C1. The first-order valence-corrected chi connectivity index (χ1v) is 9.96. The molecular formula is C20H36O3. The number of ether oxygens (including phenoxy) is 1. The topological polar surface area (TPSA) is 43.4 Å². The number of carbonyl (C=O) groups is 2. The molecule has 3 nitrogen and oxygen atoms in total. The van der Waals surface area contributed by atoms with E-state index in [1.807, 2.05) is 0 Å². The van der Waals surface area contributed by atoms with E-state index >= 15 is 0 Å². The minimum atomic E-state index is -0.332. The lowest BCUT2D eigenvalue weighted by atomic mass is 9.93. The van der Waals surface area contributed by atoms with Crippen LogP contribution in [-0.2, 0) is 14.3 Å². The Morgan fingerprint density at radius 2 is 1.09 bits per heavy atom. The Labute approximate surface area is 142 Å². The van der Waals surface area contributed by atoms with Crippen LogP contribution in [0.2, 0.25) is 0 Å². The van der Waals surface area contributed by atoms with Crippen molar-refractivity contribution in [2.24, 2.45) is 5.92 Å². The summed E-state index contributed by atoms with van der Waals surface area (Å²) in [6.07, 6.45) is 19.4. The summed E-state index contributed by atoms with van der Waals surface area (Å²) < 4.78 is 4.56. The van der Waals surface area contributed by atoms with Gasteiger partial charge in [0.15, 0.2) is 0 Å². The molecule has 1 aliphatic heterocycles. The summed E-state index contributed by atoms with van der Waals surface area (Å²) in [5.74, 6) is -0.432. The van der Waals surface area contributed by atoms with Gasteiger partial charge in [-0.15, -0.1) is 0 Å². The van der Waals surface area contributed by atoms with Crippen LogP contribution in [0.25, 0.3) is 0 Å². The molecule has 0 spiro atoms. The highest BCUT2D eigenvalue weighted by Gasteiger charge is 2.26. The number of unbranched alkanes of at least 4 members (excludes halogenated alkanes) is 12. The molecule has 0 saturated carbocycles. The van der Waals surface area contributed by atoms with Gasteiger partial charge in [-0.2, -0.15) is 0 Å². The lowest BCUT2D eigenvalue weighted by Crippen LogP contribution is -2.25. The van der Waals surface area contributed by atoms with Crippen LogP contribution in [0.5, 0.6) is 0 Å². The maximum atomic E-state index is 11.2. The van der Waals surface area contributed by atoms with Crippen molar-refractivity contribution >= 4 is 11.9 Å². The molecular weight excluding hydrogens is 288 g/mol. The van der Waals surface area contributed by atoms with Crippen molar-refractivity contribution in [1.29, 1.82) is 0 Å². The largest absolute Gasteiger partial charge is 0.393 e. The lowest BCUT2D eigenvalue weighted by Gasteiger charge is -2.19. The van der Waals surface area contributed by atoms with E-state index in [0.717, 1.165) is 12.8 Å². The summed E-state index contributed by atoms with van der Waals surface area (Å²) in [6, 6.07) is 0. The molecule has 0 aliphatic carbocycles. The Hall–Kier alpha value is -0.860. The third kappa shape index (κ3) is 11.3. The fraction of sp³-hybridized carbons (Fsp3) is 0.900. The summed E-state index contributed by atoms with van der Waals surface area (Å²) in [5.41, 5.74) is 0. The standard InChI is InChI=1S/C20H36O3/c1-2-3-4-5-6-7-8-9-10-11-12-13-14-15-18-16-19(21)23-20(22)17-18/h18H,2-17H2,1H3. The van der Waals surface area contributed by atoms with Gasteiger partial charge in [-0.1, -0.05) is 90.4 Å². The molecule has 23 heavy (non-hydrogen) atoms. The summed E-state index contributed by atoms with van der Waals surface area (Å²) >= 11 is 0. The first kappa shape index (κ1) is 20.2. The molecule has 0 N–H and O–H groups in total. The first-order chi connectivity index (χ1) is 11.2. The predicted octanol–water partition coefficient (Wildman–Crippen LogP) is 5.95. The molecule has 0 aromatic carbocycles. The molecule has 0 amide bonds. The van der Waals surface area contributed by atoms with Crippen LogP contribution in [0, 0.1) is 5.92 Å². The van der Waals surface area contributed by atoms with E-state index in [1.54, 1.807) is 0 Å². The van der Waals surface area contributed by atoms with E-state index in [9.17, 15) is 9.59 Å². The Morgan fingerprint density at radius 3 is 1.52 bits per heavy atom. The van der Waals surface area contributed by atoms with Crippen molar-refractivity contribution in [3.05, 3.63) is 0 Å². The zero-order valence-corrected chi connectivity index (χ0v) is 15.1. The Balaban J connectivity index is 1.79. The number of carbonyl (C=O) groups excluding carboxylic acids is 2. The number of esters is 2. The van der Waals surface area contributed by atoms with Crippen molar-refractivity contribution in [2.75, 3.05) is 0 Å². The average Bonchev–Trinajstić information content (AvgIpc) is 2.51. The maximum absolute atomic E-state index is 11.2. The van der Waals surface area contributed by atoms with E-state index in [1.165, 1.54) is 77.0 Å². The second-order valence-electron chi connectivity index (χ2n) is 7.15. The number of hydrogen-bond acceptors (Lipinski definition) is 3. The normalized spacial score (nSPS) is 15.9. The molecule has 1 rings (SSSR count). The second kappa shape index (κ2) is 13.6. The second-order valence-corrected chi connectivity index (χ2v) is 7.15. The van der Waals surface area contributed by atoms with Gasteiger partial charge in [-0.25, -0.2) is 0 Å². The zero-order valence-electron chi connectivity index (χ0n) is 15.1. The van der Waals surface area contributed by atoms with Gasteiger partial charge in [-0.3, -0.25) is 9.59 Å². The van der Waals surface area contributed by atoms with Gasteiger partial charge >= 0.3 is 11.9 Å². The van der Waals surface area contributed by atoms with Crippen LogP contribution in [0.3, 0.4) is 0 Å². The molecule has 0 aromatic heterocycles. The molecule has 0 radical (unpaired) electrons. The number of rotatable bonds is 14. The van der Waals surface area contributed by atoms with E-state index in [-0.39, 0.29) is 17.9 Å². The molecule has 0 aromatic rings. The van der Waals surface area contributed by atoms with Gasteiger partial charge in [0, 0.05) is 12.8 Å². The third-order valence-corrected chi connectivity index (χ3v) is 4.85. The fourth-order valence-corrected chi connectivity index (χ4v) is 3.41. The van der Waals surface area contributed by atoms with Crippen molar-refractivity contribution in [3.63, 3.8) is 0 Å². The fourth-order valence-electron chi connectivity index (χ4n) is 3.41. The maximum Gasteiger partial charge on any atom is 0.313 e. The van der Waals surface area contributed by atoms with Gasteiger partial charge < -0.3 is 4.74 Å². The van der Waals surface area contributed by atoms with E-state index < -0.39 is 0 Å². The molecule has 1 saturated heterocycles. The Bertz CT molecular complexity index is 309. The quantitative estimate of drug-likeness (QED) is 0.225. The van der Waals surface area contributed by atoms with Crippen LogP contribution in [-0.4, -0.2) is 11.9 Å². The summed E-state index contributed by atoms with van der Waals surface area (Å²) in [6.45, 7) is 2.27. The molecule has 134 valence electrons. The van der Waals surface area contributed by atoms with Crippen molar-refractivity contribution in [1.82, 2.24) is 0 Å². The minimum Gasteiger partial charge on any atom is -0.393 e. The van der Waals surface area contributed by atoms with Crippen LogP contribution in [0.1, 0.15) is 110 Å². The van der Waals surface area contributed by atoms with E-state index in [4.69, 9.17) is 0 Å². The highest BCUT2D eigenvalue weighted by Crippen LogP contribution is 2.23. The Kier molecular flexibility index (Phi) is 11.9. The van der Waals surface area contributed by atoms with E-state index in [0.29, 0.717) is 12.8 Å². The Morgan fingerprint density at radius 1 is 0.696 bits per heavy atom. The van der Waals surface area contributed by atoms with Crippen LogP contribution >= 0.6 is 0 Å². The van der Waals surface area contributed by atoms with Crippen molar-refractivity contribution < 1.29 is 14.3 Å². The zero-order chi connectivity index (χ0) is 16.8. The van der Waals surface area contributed by atoms with Gasteiger partial charge in [0.2, 0.25) is 0 Å². The lowest BCUT2D eigenvalue weighted by molar-refractivity contribution is -0.165. The molecule has 0 atom stereocenters. The highest BCUT2D eigenvalue weighted by molar-refractivity contribution is 5.88. The molecule has 1 aliphatic rings. The average molecular weight is 325 g/mol. The highest BCUT2D eigenvalue weighted by atomic mass is 16.6. The van der Waals surface area contributed by atoms with Gasteiger partial charge in [0.1, 0.15) is 0 Å². The minimum absolute atomic E-state index is 0.233. The summed E-state index contributed by atoms with van der Waals surface area (Å²) in [7, 11) is 0. The van der Waals surface area contributed by atoms with Gasteiger partial charge in [0.25, 0.3) is 0 Å². The van der Waals surface area contributed by atoms with Crippen molar-refractivity contribution in [2.45, 2.75) is 110 Å². The van der Waals surface area contributed by atoms with Crippen LogP contribution in [0.15, 0.2) is 0 Å². The molecule has 0 bridgehead atoms. The third-order valence-electron chi connectivity index (χ3n) is 4.85. The van der Waals surface area contributed by atoms with Crippen LogP contribution < -0.4 is 0 Å².